The van der Waals surface area contributed by atoms with E-state index in [1.165, 1.54) is 11.5 Å². The number of alkyl halides is 1. The van der Waals surface area contributed by atoms with Gasteiger partial charge in [0.1, 0.15) is 12.6 Å². The minimum Gasteiger partial charge on any atom is -0.480 e. The number of rotatable bonds is 8. The van der Waals surface area contributed by atoms with E-state index < -0.39 is 17.9 Å². The Balaban J connectivity index is 1.59. The number of nitrogens with zero attached hydrogens (tertiary/aromatic N) is 2. The number of thioether (sulfide) groups is 1. The molecule has 3 rings (SSSR count). The van der Waals surface area contributed by atoms with Gasteiger partial charge >= 0.3 is 5.97 Å². The summed E-state index contributed by atoms with van der Waals surface area (Å²) >= 11 is 8.44. The molecule has 0 bridgehead atoms. The number of fused-ring (bicyclic) bond motifs is 1. The summed E-state index contributed by atoms with van der Waals surface area (Å²) in [5, 5.41) is 11.7. The van der Waals surface area contributed by atoms with Gasteiger partial charge in [-0.05, 0) is 70.1 Å². The highest BCUT2D eigenvalue weighted by Gasteiger charge is 2.44. The number of carboxylic acid groups (broad SMARTS) is 1. The van der Waals surface area contributed by atoms with Gasteiger partial charge in [0.2, 0.25) is 11.0 Å². The smallest absolute Gasteiger partial charge is 0.320 e. The molecule has 4 atom stereocenters. The molecule has 2 saturated carbocycles. The minimum absolute atomic E-state index is 0.00298. The molecule has 0 saturated heterocycles. The number of carboxylic acids is 1. The van der Waals surface area contributed by atoms with Gasteiger partial charge in [-0.2, -0.15) is 0 Å². The molecule has 1 amide bonds. The summed E-state index contributed by atoms with van der Waals surface area (Å²) in [7, 11) is 0. The predicted molar refractivity (Wildman–Crippen MR) is 122 cm³/mol. The van der Waals surface area contributed by atoms with E-state index in [1.54, 1.807) is 11.8 Å². The molecule has 0 aromatic rings. The topological polar surface area (TPSA) is 86.6 Å². The van der Waals surface area contributed by atoms with Crippen LogP contribution < -0.4 is 5.73 Å². The van der Waals surface area contributed by atoms with Crippen LogP contribution in [0.3, 0.4) is 0 Å². The van der Waals surface area contributed by atoms with Crippen molar-refractivity contribution in [1.82, 2.24) is 4.90 Å². The van der Waals surface area contributed by atoms with Crippen LogP contribution in [0.5, 0.6) is 0 Å². The van der Waals surface area contributed by atoms with E-state index in [0.29, 0.717) is 22.6 Å². The average Bonchev–Trinajstić information content (AvgIpc) is 3.06. The number of amides is 1. The second-order valence-electron chi connectivity index (χ2n) is 8.84. The third kappa shape index (κ3) is 5.60. The number of primary amides is 1. The molecule has 0 radical (unpaired) electrons. The molecule has 168 valence electrons. The Morgan fingerprint density at radius 1 is 1.30 bits per heavy atom. The Bertz CT molecular complexity index is 706. The van der Waals surface area contributed by atoms with Gasteiger partial charge in [0, 0.05) is 23.9 Å². The summed E-state index contributed by atoms with van der Waals surface area (Å²) in [6.45, 7) is 4.87. The van der Waals surface area contributed by atoms with Crippen molar-refractivity contribution in [2.45, 2.75) is 87.5 Å². The van der Waals surface area contributed by atoms with Gasteiger partial charge in [-0.15, -0.1) is 11.6 Å². The fraction of sp³-hybridized carbons (Fsp3) is 0.773. The lowest BCUT2D eigenvalue weighted by atomic mass is 9.84. The Hall–Kier alpha value is -1.05. The van der Waals surface area contributed by atoms with Gasteiger partial charge < -0.3 is 10.8 Å². The van der Waals surface area contributed by atoms with Crippen molar-refractivity contribution in [3.05, 3.63) is 12.2 Å². The number of nitrogens with two attached hydrogens (primary N) is 1. The first kappa shape index (κ1) is 23.6. The van der Waals surface area contributed by atoms with Crippen molar-refractivity contribution in [2.24, 2.45) is 11.7 Å². The first-order valence-electron chi connectivity index (χ1n) is 11.2. The molecule has 30 heavy (non-hydrogen) atoms. The largest absolute Gasteiger partial charge is 0.480 e. The molecular formula is C22H35ClN3O3S+. The quantitative estimate of drug-likeness (QED) is 0.433. The van der Waals surface area contributed by atoms with Gasteiger partial charge in [0.25, 0.3) is 0 Å². The molecule has 6 nitrogen and oxygen atoms in total. The third-order valence-electron chi connectivity index (χ3n) is 6.90. The van der Waals surface area contributed by atoms with Crippen LogP contribution in [0.1, 0.15) is 58.8 Å². The van der Waals surface area contributed by atoms with E-state index in [0.717, 1.165) is 45.1 Å². The Morgan fingerprint density at radius 2 is 2.00 bits per heavy atom. The number of carbonyl (C=O) groups is 2. The summed E-state index contributed by atoms with van der Waals surface area (Å²) in [6.07, 6.45) is 11.8. The Kier molecular flexibility index (Phi) is 8.27. The lowest BCUT2D eigenvalue weighted by molar-refractivity contribution is -0.558. The zero-order chi connectivity index (χ0) is 21.8. The predicted octanol–water partition coefficient (Wildman–Crippen LogP) is 3.07. The summed E-state index contributed by atoms with van der Waals surface area (Å²) in [5.41, 5.74) is 5.36. The van der Waals surface area contributed by atoms with Crippen molar-refractivity contribution in [1.29, 1.82) is 0 Å². The van der Waals surface area contributed by atoms with E-state index in [1.807, 2.05) is 11.8 Å². The van der Waals surface area contributed by atoms with E-state index >= 15 is 0 Å². The molecule has 1 aliphatic heterocycles. The van der Waals surface area contributed by atoms with Crippen LogP contribution in [-0.2, 0) is 9.59 Å². The second-order valence-corrected chi connectivity index (χ2v) is 10.7. The lowest BCUT2D eigenvalue weighted by Gasteiger charge is -2.37. The molecule has 2 fully saturated rings. The molecule has 3 aliphatic rings. The second kappa shape index (κ2) is 10.5. The van der Waals surface area contributed by atoms with Gasteiger partial charge in [-0.25, -0.2) is 4.58 Å². The monoisotopic (exact) mass is 456 g/mol. The van der Waals surface area contributed by atoms with Crippen LogP contribution in [0.4, 0.5) is 0 Å². The highest BCUT2D eigenvalue weighted by atomic mass is 35.5. The molecule has 0 spiro atoms. The van der Waals surface area contributed by atoms with Crippen molar-refractivity contribution in [2.75, 3.05) is 13.1 Å². The summed E-state index contributed by atoms with van der Waals surface area (Å²) < 4.78 is 2.52. The molecule has 2 aliphatic carbocycles. The normalized spacial score (nSPS) is 33.1. The molecular weight excluding hydrogens is 422 g/mol. The standard InChI is InChI=1S/C22H34ClN3O3S/c1-3-25-18-12-16(23)7-10-19(18)30-21(25)11-6-15-4-8-17(9-5-15)26(13-20(24)27)14(2)22(28)29/h6,11,14-19H,3-5,7-10,12-13H2,1-2H3,(H2-,24,27,28,29)/p+1/b11-6+. The van der Waals surface area contributed by atoms with E-state index in [9.17, 15) is 14.7 Å². The fourth-order valence-corrected chi connectivity index (χ4v) is 7.04. The van der Waals surface area contributed by atoms with Crippen molar-refractivity contribution < 1.29 is 19.3 Å². The van der Waals surface area contributed by atoms with Crippen molar-refractivity contribution in [3.63, 3.8) is 0 Å². The van der Waals surface area contributed by atoms with E-state index in [4.69, 9.17) is 17.3 Å². The van der Waals surface area contributed by atoms with Crippen molar-refractivity contribution in [3.8, 4) is 0 Å². The summed E-state index contributed by atoms with van der Waals surface area (Å²) in [6, 6.07) is -0.0452. The van der Waals surface area contributed by atoms with Crippen LogP contribution in [0.2, 0.25) is 0 Å². The average molecular weight is 457 g/mol. The van der Waals surface area contributed by atoms with Crippen LogP contribution in [0, 0.1) is 5.92 Å². The zero-order valence-electron chi connectivity index (χ0n) is 18.0. The minimum atomic E-state index is -0.909. The molecule has 4 unspecified atom stereocenters. The van der Waals surface area contributed by atoms with Crippen LogP contribution >= 0.6 is 23.4 Å². The number of carbonyl (C=O) groups excluding carboxylic acids is 1. The van der Waals surface area contributed by atoms with Gasteiger partial charge in [-0.3, -0.25) is 14.5 Å². The molecule has 0 aromatic heterocycles. The first-order valence-corrected chi connectivity index (χ1v) is 12.5. The van der Waals surface area contributed by atoms with Gasteiger partial charge in [0.15, 0.2) is 6.04 Å². The third-order valence-corrected chi connectivity index (χ3v) is 8.76. The first-order chi connectivity index (χ1) is 14.3. The highest BCUT2D eigenvalue weighted by Crippen LogP contribution is 2.39. The summed E-state index contributed by atoms with van der Waals surface area (Å²) in [5.74, 6) is -0.889. The molecule has 3 N–H and O–H groups in total. The van der Waals surface area contributed by atoms with E-state index in [-0.39, 0.29) is 12.6 Å². The van der Waals surface area contributed by atoms with E-state index in [2.05, 4.69) is 23.7 Å². The molecule has 8 heteroatoms. The fourth-order valence-electron chi connectivity index (χ4n) is 5.19. The van der Waals surface area contributed by atoms with Crippen LogP contribution in [0.15, 0.2) is 12.2 Å². The molecule has 1 heterocycles. The number of aliphatic carboxylic acids is 1. The highest BCUT2D eigenvalue weighted by molar-refractivity contribution is 8.14. The van der Waals surface area contributed by atoms with Gasteiger partial charge in [0.05, 0.1) is 11.8 Å². The maximum absolute atomic E-state index is 11.4. The number of allylic oxidation sites excluding steroid dienone is 1. The maximum Gasteiger partial charge on any atom is 0.320 e. The van der Waals surface area contributed by atoms with Crippen LogP contribution in [-0.4, -0.2) is 73.3 Å². The maximum atomic E-state index is 11.4. The lowest BCUT2D eigenvalue weighted by Crippen LogP contribution is -2.50. The Morgan fingerprint density at radius 3 is 2.60 bits per heavy atom. The Labute approximate surface area is 188 Å². The molecule has 0 aromatic carbocycles. The zero-order valence-corrected chi connectivity index (χ0v) is 19.6. The van der Waals surface area contributed by atoms with Gasteiger partial charge in [-0.1, -0.05) is 6.08 Å². The number of hydrogen-bond acceptors (Lipinski definition) is 4. The summed E-state index contributed by atoms with van der Waals surface area (Å²) in [4.78, 5) is 24.6. The van der Waals surface area contributed by atoms with Crippen LogP contribution in [0.25, 0.3) is 0 Å². The number of halogens is 1. The number of hydrogen-bond donors (Lipinski definition) is 2. The SMILES string of the molecule is CC[N+]1=C(/C=C/C2CCC(N(CC(N)=O)C(C)C(=O)O)CC2)SC2CCC(Cl)CC21. The van der Waals surface area contributed by atoms with Crippen molar-refractivity contribution >= 4 is 40.3 Å².